The van der Waals surface area contributed by atoms with Crippen LogP contribution >= 0.6 is 15.9 Å². The number of halogens is 1. The molecule has 0 unspecified atom stereocenters. The molecule has 0 radical (unpaired) electrons. The molecule has 2 rings (SSSR count). The fourth-order valence-corrected chi connectivity index (χ4v) is 1.85. The van der Waals surface area contributed by atoms with Gasteiger partial charge in [-0.1, -0.05) is 5.16 Å². The lowest BCUT2D eigenvalue weighted by atomic mass is 10.2. The molecule has 5 heteroatoms. The average molecular weight is 285 g/mol. The topological polar surface area (TPSA) is 51.2 Å². The van der Waals surface area contributed by atoms with E-state index in [0.29, 0.717) is 6.54 Å². The van der Waals surface area contributed by atoms with E-state index in [1.54, 1.807) is 0 Å². The maximum atomic E-state index is 5.38. The van der Waals surface area contributed by atoms with Crippen LogP contribution in [0.25, 0.3) is 0 Å². The molecule has 0 spiro atoms. The third-order valence-electron chi connectivity index (χ3n) is 2.41. The molecule has 16 heavy (non-hydrogen) atoms. The highest BCUT2D eigenvalue weighted by Crippen LogP contribution is 2.15. The van der Waals surface area contributed by atoms with Gasteiger partial charge in [-0.25, -0.2) is 0 Å². The first-order valence-corrected chi connectivity index (χ1v) is 5.83. The van der Waals surface area contributed by atoms with Crippen molar-refractivity contribution in [2.45, 2.75) is 26.9 Å². The third kappa shape index (κ3) is 2.54. The van der Waals surface area contributed by atoms with E-state index in [2.05, 4.69) is 26.4 Å². The average Bonchev–Trinajstić information content (AvgIpc) is 2.78. The fourth-order valence-electron chi connectivity index (χ4n) is 1.51. The minimum absolute atomic E-state index is 0.690. The molecule has 0 atom stereocenters. The molecular formula is C11H13BrN2O2. The van der Waals surface area contributed by atoms with Crippen molar-refractivity contribution in [2.24, 2.45) is 0 Å². The number of rotatable bonds is 4. The second-order valence-electron chi connectivity index (χ2n) is 3.61. The molecule has 0 fully saturated rings. The lowest BCUT2D eigenvalue weighted by Gasteiger charge is -2.01. The zero-order valence-corrected chi connectivity index (χ0v) is 10.8. The lowest BCUT2D eigenvalue weighted by molar-refractivity contribution is 0.391. The van der Waals surface area contributed by atoms with Crippen LogP contribution in [-0.4, -0.2) is 5.16 Å². The minimum Gasteiger partial charge on any atom is -0.453 e. The van der Waals surface area contributed by atoms with Gasteiger partial charge in [0.05, 0.1) is 12.2 Å². The van der Waals surface area contributed by atoms with Crippen LogP contribution in [0.4, 0.5) is 0 Å². The van der Waals surface area contributed by atoms with Gasteiger partial charge in [0.2, 0.25) is 0 Å². The smallest absolute Gasteiger partial charge is 0.169 e. The van der Waals surface area contributed by atoms with Crippen molar-refractivity contribution < 1.29 is 8.94 Å². The van der Waals surface area contributed by atoms with E-state index in [0.717, 1.165) is 34.0 Å². The van der Waals surface area contributed by atoms with Crippen molar-refractivity contribution >= 4 is 15.9 Å². The highest BCUT2D eigenvalue weighted by Gasteiger charge is 2.08. The summed E-state index contributed by atoms with van der Waals surface area (Å²) in [5.41, 5.74) is 2.05. The Morgan fingerprint density at radius 1 is 1.31 bits per heavy atom. The van der Waals surface area contributed by atoms with Gasteiger partial charge in [-0.3, -0.25) is 0 Å². The van der Waals surface area contributed by atoms with Crippen LogP contribution < -0.4 is 5.32 Å². The van der Waals surface area contributed by atoms with Crippen molar-refractivity contribution in [1.29, 1.82) is 0 Å². The first-order chi connectivity index (χ1) is 7.66. The molecule has 2 aromatic heterocycles. The van der Waals surface area contributed by atoms with E-state index < -0.39 is 0 Å². The molecule has 0 aromatic carbocycles. The summed E-state index contributed by atoms with van der Waals surface area (Å²) in [5, 5.41) is 7.18. The molecule has 86 valence electrons. The summed E-state index contributed by atoms with van der Waals surface area (Å²) in [4.78, 5) is 0. The van der Waals surface area contributed by atoms with Crippen LogP contribution in [0.3, 0.4) is 0 Å². The van der Waals surface area contributed by atoms with Crippen LogP contribution in [0.5, 0.6) is 0 Å². The molecule has 0 saturated heterocycles. The number of nitrogens with zero attached hydrogens (tertiary/aromatic N) is 1. The Labute approximate surface area is 102 Å². The van der Waals surface area contributed by atoms with Crippen molar-refractivity contribution in [3.63, 3.8) is 0 Å². The van der Waals surface area contributed by atoms with Gasteiger partial charge in [0.15, 0.2) is 4.67 Å². The van der Waals surface area contributed by atoms with Gasteiger partial charge in [0.1, 0.15) is 11.5 Å². The SMILES string of the molecule is Cc1noc(C)c1CNCc1ccc(Br)o1. The summed E-state index contributed by atoms with van der Waals surface area (Å²) in [6, 6.07) is 3.82. The van der Waals surface area contributed by atoms with Gasteiger partial charge in [0, 0.05) is 12.1 Å². The van der Waals surface area contributed by atoms with E-state index >= 15 is 0 Å². The molecule has 2 aromatic rings. The van der Waals surface area contributed by atoms with Gasteiger partial charge >= 0.3 is 0 Å². The fraction of sp³-hybridized carbons (Fsp3) is 0.364. The summed E-state index contributed by atoms with van der Waals surface area (Å²) in [6.07, 6.45) is 0. The summed E-state index contributed by atoms with van der Waals surface area (Å²) in [5.74, 6) is 1.77. The Morgan fingerprint density at radius 3 is 2.69 bits per heavy atom. The summed E-state index contributed by atoms with van der Waals surface area (Å²) in [7, 11) is 0. The highest BCUT2D eigenvalue weighted by atomic mass is 79.9. The van der Waals surface area contributed by atoms with Gasteiger partial charge in [-0.2, -0.15) is 0 Å². The first-order valence-electron chi connectivity index (χ1n) is 5.03. The molecule has 0 aliphatic heterocycles. The van der Waals surface area contributed by atoms with Gasteiger partial charge in [-0.05, 0) is 41.9 Å². The Balaban J connectivity index is 1.89. The molecule has 0 amide bonds. The Bertz CT molecular complexity index is 457. The second-order valence-corrected chi connectivity index (χ2v) is 4.39. The molecule has 1 N–H and O–H groups in total. The quantitative estimate of drug-likeness (QED) is 0.938. The Hall–Kier alpha value is -1.07. The lowest BCUT2D eigenvalue weighted by Crippen LogP contribution is -2.13. The molecule has 0 bridgehead atoms. The molecule has 0 saturated carbocycles. The summed E-state index contributed by atoms with van der Waals surface area (Å²) >= 11 is 3.27. The number of hydrogen-bond acceptors (Lipinski definition) is 4. The zero-order chi connectivity index (χ0) is 11.5. The molecular weight excluding hydrogens is 272 g/mol. The van der Waals surface area contributed by atoms with Crippen LogP contribution in [0, 0.1) is 13.8 Å². The largest absolute Gasteiger partial charge is 0.453 e. The van der Waals surface area contributed by atoms with Crippen molar-refractivity contribution in [3.8, 4) is 0 Å². The van der Waals surface area contributed by atoms with Crippen LogP contribution in [-0.2, 0) is 13.1 Å². The normalized spacial score (nSPS) is 10.9. The predicted octanol–water partition coefficient (Wildman–Crippen LogP) is 2.94. The molecule has 0 aliphatic carbocycles. The van der Waals surface area contributed by atoms with Crippen molar-refractivity contribution in [3.05, 3.63) is 39.6 Å². The van der Waals surface area contributed by atoms with E-state index in [-0.39, 0.29) is 0 Å². The number of aryl methyl sites for hydroxylation is 2. The monoisotopic (exact) mass is 284 g/mol. The summed E-state index contributed by atoms with van der Waals surface area (Å²) < 4.78 is 11.2. The molecule has 4 nitrogen and oxygen atoms in total. The second kappa shape index (κ2) is 4.84. The number of hydrogen-bond donors (Lipinski definition) is 1. The van der Waals surface area contributed by atoms with E-state index in [1.165, 1.54) is 0 Å². The van der Waals surface area contributed by atoms with E-state index in [1.807, 2.05) is 26.0 Å². The Kier molecular flexibility index (Phi) is 3.46. The third-order valence-corrected chi connectivity index (χ3v) is 2.84. The van der Waals surface area contributed by atoms with Crippen molar-refractivity contribution in [2.75, 3.05) is 0 Å². The van der Waals surface area contributed by atoms with E-state index in [9.17, 15) is 0 Å². The van der Waals surface area contributed by atoms with Gasteiger partial charge < -0.3 is 14.3 Å². The van der Waals surface area contributed by atoms with Gasteiger partial charge in [0.25, 0.3) is 0 Å². The number of furan rings is 1. The zero-order valence-electron chi connectivity index (χ0n) is 9.21. The number of nitrogens with one attached hydrogen (secondary N) is 1. The van der Waals surface area contributed by atoms with Crippen LogP contribution in [0.2, 0.25) is 0 Å². The summed E-state index contributed by atoms with van der Waals surface area (Å²) in [6.45, 7) is 5.28. The predicted molar refractivity (Wildman–Crippen MR) is 62.9 cm³/mol. The van der Waals surface area contributed by atoms with Crippen LogP contribution in [0.15, 0.2) is 25.7 Å². The maximum absolute atomic E-state index is 5.38. The van der Waals surface area contributed by atoms with Crippen molar-refractivity contribution in [1.82, 2.24) is 10.5 Å². The molecule has 0 aliphatic rings. The number of aromatic nitrogens is 1. The maximum Gasteiger partial charge on any atom is 0.169 e. The highest BCUT2D eigenvalue weighted by molar-refractivity contribution is 9.10. The van der Waals surface area contributed by atoms with E-state index in [4.69, 9.17) is 8.94 Å². The Morgan fingerprint density at radius 2 is 2.12 bits per heavy atom. The minimum atomic E-state index is 0.690. The first kappa shape index (κ1) is 11.4. The van der Waals surface area contributed by atoms with Gasteiger partial charge in [-0.15, -0.1) is 0 Å². The molecule has 2 heterocycles. The van der Waals surface area contributed by atoms with Crippen LogP contribution in [0.1, 0.15) is 22.8 Å². The standard InChI is InChI=1S/C11H13BrN2O2/c1-7-10(8(2)16-14-7)6-13-5-9-3-4-11(12)15-9/h3-4,13H,5-6H2,1-2H3.